The molecule has 1 atom stereocenters. The van der Waals surface area contributed by atoms with Gasteiger partial charge in [-0.2, -0.15) is 0 Å². The number of anilines is 1. The van der Waals surface area contributed by atoms with Crippen LogP contribution in [0.5, 0.6) is 5.75 Å². The highest BCUT2D eigenvalue weighted by molar-refractivity contribution is 8.00. The number of nitrogens with zero attached hydrogens (tertiary/aromatic N) is 1. The van der Waals surface area contributed by atoms with Crippen LogP contribution in [0.3, 0.4) is 0 Å². The lowest BCUT2D eigenvalue weighted by Crippen LogP contribution is -2.24. The molecule has 0 saturated carbocycles. The highest BCUT2D eigenvalue weighted by atomic mass is 32.2. The third-order valence-corrected chi connectivity index (χ3v) is 5.27. The third-order valence-electron chi connectivity index (χ3n) is 4.29. The van der Waals surface area contributed by atoms with Crippen LogP contribution in [0, 0.1) is 13.8 Å². The number of carbonyl (C=O) groups excluding carboxylic acids is 1. The second-order valence-corrected chi connectivity index (χ2v) is 7.99. The average molecular weight is 410 g/mol. The molecule has 0 saturated heterocycles. The lowest BCUT2D eigenvalue weighted by Gasteiger charge is -2.15. The molecule has 29 heavy (non-hydrogen) atoms. The summed E-state index contributed by atoms with van der Waals surface area (Å²) >= 11 is 1.20. The number of carbonyl (C=O) groups is 1. The van der Waals surface area contributed by atoms with Crippen LogP contribution in [0.15, 0.2) is 64.5 Å². The van der Waals surface area contributed by atoms with Crippen LogP contribution in [0.4, 0.5) is 5.69 Å². The van der Waals surface area contributed by atoms with Gasteiger partial charge in [0.05, 0.1) is 10.9 Å². The smallest absolute Gasteiger partial charge is 0.251 e. The van der Waals surface area contributed by atoms with Crippen molar-refractivity contribution >= 4 is 23.4 Å². The summed E-state index contributed by atoms with van der Waals surface area (Å²) in [4.78, 5) is 31.7. The van der Waals surface area contributed by atoms with Gasteiger partial charge in [0, 0.05) is 11.8 Å². The monoisotopic (exact) mass is 409 g/mol. The van der Waals surface area contributed by atoms with Crippen molar-refractivity contribution in [2.24, 2.45) is 0 Å². The van der Waals surface area contributed by atoms with Crippen LogP contribution in [-0.2, 0) is 11.4 Å². The first-order valence-corrected chi connectivity index (χ1v) is 10.1. The van der Waals surface area contributed by atoms with Gasteiger partial charge in [-0.25, -0.2) is 4.98 Å². The Morgan fingerprint density at radius 1 is 1.14 bits per heavy atom. The van der Waals surface area contributed by atoms with Gasteiger partial charge < -0.3 is 15.0 Å². The molecule has 0 fully saturated rings. The molecule has 0 radical (unpaired) electrons. The Morgan fingerprint density at radius 2 is 1.83 bits per heavy atom. The van der Waals surface area contributed by atoms with Crippen molar-refractivity contribution in [1.82, 2.24) is 9.97 Å². The molecule has 150 valence electrons. The van der Waals surface area contributed by atoms with Gasteiger partial charge in [-0.1, -0.05) is 48.2 Å². The van der Waals surface area contributed by atoms with Gasteiger partial charge in [0.15, 0.2) is 5.16 Å². The molecule has 6 nitrogen and oxygen atoms in total. The fourth-order valence-corrected chi connectivity index (χ4v) is 3.57. The molecule has 1 unspecified atom stereocenters. The van der Waals surface area contributed by atoms with E-state index in [4.69, 9.17) is 4.74 Å². The number of para-hydroxylation sites is 2. The summed E-state index contributed by atoms with van der Waals surface area (Å²) in [7, 11) is 0. The second kappa shape index (κ2) is 9.43. The molecular formula is C22H23N3O3S. The molecule has 0 aliphatic heterocycles. The fraction of sp³-hybridized carbons (Fsp3) is 0.227. The molecule has 1 heterocycles. The minimum absolute atomic E-state index is 0.152. The number of hydrogen-bond acceptors (Lipinski definition) is 5. The van der Waals surface area contributed by atoms with Gasteiger partial charge in [0.2, 0.25) is 5.91 Å². The van der Waals surface area contributed by atoms with Gasteiger partial charge in [-0.05, 0) is 44.0 Å². The Labute approximate surface area is 173 Å². The fourth-order valence-electron chi connectivity index (χ4n) is 2.74. The Bertz CT molecular complexity index is 1030. The number of thioether (sulfide) groups is 1. The minimum atomic E-state index is -0.442. The van der Waals surface area contributed by atoms with E-state index in [9.17, 15) is 9.59 Å². The van der Waals surface area contributed by atoms with Crippen molar-refractivity contribution in [2.45, 2.75) is 37.8 Å². The van der Waals surface area contributed by atoms with Crippen molar-refractivity contribution in [1.29, 1.82) is 0 Å². The predicted molar refractivity (Wildman–Crippen MR) is 115 cm³/mol. The quantitative estimate of drug-likeness (QED) is 0.454. The molecule has 3 aromatic rings. The first-order chi connectivity index (χ1) is 13.9. The van der Waals surface area contributed by atoms with Gasteiger partial charge in [-0.3, -0.25) is 9.59 Å². The van der Waals surface area contributed by atoms with Crippen LogP contribution >= 0.6 is 11.8 Å². The highest BCUT2D eigenvalue weighted by Gasteiger charge is 2.18. The Hall–Kier alpha value is -3.06. The van der Waals surface area contributed by atoms with Gasteiger partial charge in [0.1, 0.15) is 12.4 Å². The molecule has 1 aromatic heterocycles. The molecule has 1 amide bonds. The maximum atomic E-state index is 12.6. The first kappa shape index (κ1) is 20.7. The number of amides is 1. The van der Waals surface area contributed by atoms with Gasteiger partial charge in [0.25, 0.3) is 5.56 Å². The maximum absolute atomic E-state index is 12.6. The Kier molecular flexibility index (Phi) is 6.72. The Morgan fingerprint density at radius 3 is 2.52 bits per heavy atom. The van der Waals surface area contributed by atoms with E-state index in [1.807, 2.05) is 62.4 Å². The number of nitrogens with one attached hydrogen (secondary N) is 2. The van der Waals surface area contributed by atoms with Crippen molar-refractivity contribution in [3.05, 3.63) is 81.8 Å². The largest absolute Gasteiger partial charge is 0.487 e. The van der Waals surface area contributed by atoms with Crippen LogP contribution in [-0.4, -0.2) is 21.1 Å². The zero-order chi connectivity index (χ0) is 20.8. The number of aromatic amines is 1. The van der Waals surface area contributed by atoms with E-state index in [-0.39, 0.29) is 18.1 Å². The molecule has 3 rings (SSSR count). The molecular weight excluding hydrogens is 386 g/mol. The van der Waals surface area contributed by atoms with Crippen LogP contribution in [0.2, 0.25) is 0 Å². The summed E-state index contributed by atoms with van der Waals surface area (Å²) in [5, 5.41) is 2.91. The number of rotatable bonds is 7. The van der Waals surface area contributed by atoms with E-state index in [0.717, 1.165) is 16.8 Å². The molecule has 0 aliphatic rings. The topological polar surface area (TPSA) is 84.1 Å². The lowest BCUT2D eigenvalue weighted by atomic mass is 10.1. The van der Waals surface area contributed by atoms with E-state index in [1.54, 1.807) is 6.92 Å². The predicted octanol–water partition coefficient (Wildman–Crippen LogP) is 4.09. The minimum Gasteiger partial charge on any atom is -0.487 e. The van der Waals surface area contributed by atoms with Crippen LogP contribution in [0.25, 0.3) is 0 Å². The number of aromatic nitrogens is 2. The van der Waals surface area contributed by atoms with E-state index >= 15 is 0 Å². The summed E-state index contributed by atoms with van der Waals surface area (Å²) in [6.07, 6.45) is 0. The lowest BCUT2D eigenvalue weighted by molar-refractivity contribution is -0.115. The Balaban J connectivity index is 1.66. The molecule has 2 aromatic carbocycles. The summed E-state index contributed by atoms with van der Waals surface area (Å²) in [5.41, 5.74) is 3.04. The SMILES string of the molecule is Cc1cccc(C)c1NC(=O)C(C)Sc1nc(COc2ccccc2)cc(=O)[nH]1. The number of ether oxygens (including phenoxy) is 1. The highest BCUT2D eigenvalue weighted by Crippen LogP contribution is 2.23. The first-order valence-electron chi connectivity index (χ1n) is 9.24. The standard InChI is InChI=1S/C22H23N3O3S/c1-14-8-7-9-15(2)20(14)25-21(27)16(3)29-22-23-17(12-19(26)24-22)13-28-18-10-5-4-6-11-18/h4-12,16H,13H2,1-3H3,(H,25,27)(H,23,24,26). The van der Waals surface area contributed by atoms with Crippen molar-refractivity contribution in [3.8, 4) is 5.75 Å². The number of benzene rings is 2. The summed E-state index contributed by atoms with van der Waals surface area (Å²) < 4.78 is 5.66. The molecule has 0 bridgehead atoms. The van der Waals surface area contributed by atoms with E-state index in [2.05, 4.69) is 15.3 Å². The van der Waals surface area contributed by atoms with E-state index in [1.165, 1.54) is 17.8 Å². The molecule has 0 aliphatic carbocycles. The maximum Gasteiger partial charge on any atom is 0.251 e. The molecule has 0 spiro atoms. The zero-order valence-corrected chi connectivity index (χ0v) is 17.4. The third kappa shape index (κ3) is 5.71. The van der Waals surface area contributed by atoms with Crippen LogP contribution in [0.1, 0.15) is 23.7 Å². The number of aryl methyl sites for hydroxylation is 2. The molecule has 2 N–H and O–H groups in total. The summed E-state index contributed by atoms with van der Waals surface area (Å²) in [5.74, 6) is 0.547. The van der Waals surface area contributed by atoms with E-state index < -0.39 is 5.25 Å². The number of hydrogen-bond donors (Lipinski definition) is 2. The zero-order valence-electron chi connectivity index (χ0n) is 16.6. The van der Waals surface area contributed by atoms with Gasteiger partial charge in [-0.15, -0.1) is 0 Å². The van der Waals surface area contributed by atoms with Crippen molar-refractivity contribution < 1.29 is 9.53 Å². The number of H-pyrrole nitrogens is 1. The van der Waals surface area contributed by atoms with Crippen molar-refractivity contribution in [3.63, 3.8) is 0 Å². The molecule has 7 heteroatoms. The average Bonchev–Trinajstić information content (AvgIpc) is 2.69. The van der Waals surface area contributed by atoms with Crippen molar-refractivity contribution in [2.75, 3.05) is 5.32 Å². The van der Waals surface area contributed by atoms with E-state index in [0.29, 0.717) is 16.6 Å². The summed E-state index contributed by atoms with van der Waals surface area (Å²) in [6, 6.07) is 16.6. The second-order valence-electron chi connectivity index (χ2n) is 6.66. The van der Waals surface area contributed by atoms with Gasteiger partial charge >= 0.3 is 0 Å². The summed E-state index contributed by atoms with van der Waals surface area (Å²) in [6.45, 7) is 5.86. The normalized spacial score (nSPS) is 11.7. The van der Waals surface area contributed by atoms with Crippen LogP contribution < -0.4 is 15.6 Å².